The maximum absolute atomic E-state index is 13.3. The maximum Gasteiger partial charge on any atom is 0.475 e. The number of pyridine rings is 1. The van der Waals surface area contributed by atoms with Gasteiger partial charge in [-0.3, -0.25) is 14.6 Å². The van der Waals surface area contributed by atoms with Crippen LogP contribution in [0.4, 0.5) is 4.79 Å². The number of amides is 3. The van der Waals surface area contributed by atoms with Gasteiger partial charge in [0, 0.05) is 18.8 Å². The van der Waals surface area contributed by atoms with Crippen molar-refractivity contribution in [2.45, 2.75) is 65.2 Å². The number of carbonyl (C=O) groups is 3. The standard InChI is InChI=1S/C26H37BN4O6/c1-17(2)13-21(25(33)31-23(18(3)4)27(35)36)29-24(32)22(14-20-11-8-12-28-15-20)30-26(34)37-16-19-9-6-5-7-10-19/h5-12,15,17-18,21-23,35-36H,13-14,16H2,1-4H3,(H,29,32)(H,30,34)(H,31,33)/t21-,22-,23-/m0/s1. The Labute approximate surface area is 218 Å². The molecule has 0 saturated carbocycles. The van der Waals surface area contributed by atoms with Crippen LogP contribution < -0.4 is 16.0 Å². The predicted octanol–water partition coefficient (Wildman–Crippen LogP) is 1.60. The Hall–Kier alpha value is -3.44. The Morgan fingerprint density at radius 1 is 0.892 bits per heavy atom. The first-order valence-electron chi connectivity index (χ1n) is 12.4. The van der Waals surface area contributed by atoms with Crippen molar-refractivity contribution in [3.05, 3.63) is 66.0 Å². The number of benzene rings is 1. The fourth-order valence-corrected chi connectivity index (χ4v) is 3.70. The summed E-state index contributed by atoms with van der Waals surface area (Å²) in [6.45, 7) is 7.33. The van der Waals surface area contributed by atoms with Gasteiger partial charge in [-0.1, -0.05) is 64.1 Å². The molecule has 5 N–H and O–H groups in total. The summed E-state index contributed by atoms with van der Waals surface area (Å²) in [6, 6.07) is 10.6. The van der Waals surface area contributed by atoms with Gasteiger partial charge in [-0.05, 0) is 35.4 Å². The van der Waals surface area contributed by atoms with Crippen molar-refractivity contribution in [3.63, 3.8) is 0 Å². The Bertz CT molecular complexity index is 983. The monoisotopic (exact) mass is 512 g/mol. The highest BCUT2D eigenvalue weighted by Gasteiger charge is 2.33. The molecule has 0 radical (unpaired) electrons. The number of ether oxygens (including phenoxy) is 1. The lowest BCUT2D eigenvalue weighted by Crippen LogP contribution is -2.58. The number of carbonyl (C=O) groups excluding carboxylic acids is 3. The fourth-order valence-electron chi connectivity index (χ4n) is 3.70. The molecule has 11 heteroatoms. The molecule has 0 aliphatic heterocycles. The lowest BCUT2D eigenvalue weighted by Gasteiger charge is -2.27. The summed E-state index contributed by atoms with van der Waals surface area (Å²) in [5, 5.41) is 27.2. The van der Waals surface area contributed by atoms with E-state index < -0.39 is 43.1 Å². The zero-order valence-corrected chi connectivity index (χ0v) is 21.8. The van der Waals surface area contributed by atoms with E-state index in [1.54, 1.807) is 38.4 Å². The van der Waals surface area contributed by atoms with E-state index in [1.165, 1.54) is 0 Å². The topological polar surface area (TPSA) is 150 Å². The number of hydrogen-bond donors (Lipinski definition) is 5. The quantitative estimate of drug-likeness (QED) is 0.256. The fraction of sp³-hybridized carbons (Fsp3) is 0.462. The van der Waals surface area contributed by atoms with Crippen LogP contribution in [-0.4, -0.2) is 58.1 Å². The van der Waals surface area contributed by atoms with Gasteiger partial charge in [0.15, 0.2) is 0 Å². The number of aromatic nitrogens is 1. The molecule has 0 bridgehead atoms. The lowest BCUT2D eigenvalue weighted by atomic mass is 9.73. The number of nitrogens with zero attached hydrogens (tertiary/aromatic N) is 1. The van der Waals surface area contributed by atoms with Gasteiger partial charge >= 0.3 is 13.2 Å². The second-order valence-electron chi connectivity index (χ2n) is 9.71. The summed E-state index contributed by atoms with van der Waals surface area (Å²) < 4.78 is 5.29. The van der Waals surface area contributed by atoms with Gasteiger partial charge in [-0.25, -0.2) is 4.79 Å². The molecule has 0 fully saturated rings. The number of alkyl carbamates (subject to hydrolysis) is 1. The minimum Gasteiger partial charge on any atom is -0.445 e. The average Bonchev–Trinajstić information content (AvgIpc) is 2.85. The third-order valence-corrected chi connectivity index (χ3v) is 5.67. The first-order chi connectivity index (χ1) is 17.6. The van der Waals surface area contributed by atoms with Gasteiger partial charge in [0.25, 0.3) is 0 Å². The summed E-state index contributed by atoms with van der Waals surface area (Å²) in [5.74, 6) is -2.23. The minimum absolute atomic E-state index is 0.0341. The molecule has 1 aromatic heterocycles. The van der Waals surface area contributed by atoms with Crippen molar-refractivity contribution in [1.29, 1.82) is 0 Å². The van der Waals surface area contributed by atoms with Crippen LogP contribution in [-0.2, 0) is 27.4 Å². The van der Waals surface area contributed by atoms with Crippen LogP contribution in [0.2, 0.25) is 0 Å². The molecular formula is C26H37BN4O6. The maximum atomic E-state index is 13.3. The number of nitrogens with one attached hydrogen (secondary N) is 3. The molecule has 3 atom stereocenters. The molecule has 2 rings (SSSR count). The SMILES string of the molecule is CC(C)C[C@H](NC(=O)[C@H](Cc1cccnc1)NC(=O)OCc1ccccc1)C(=O)N[C@H](B(O)O)C(C)C. The van der Waals surface area contributed by atoms with Gasteiger partial charge in [0.1, 0.15) is 18.7 Å². The first-order valence-corrected chi connectivity index (χ1v) is 12.4. The van der Waals surface area contributed by atoms with Gasteiger partial charge in [0.05, 0.1) is 5.94 Å². The largest absolute Gasteiger partial charge is 0.475 e. The number of hydrogen-bond acceptors (Lipinski definition) is 7. The van der Waals surface area contributed by atoms with Crippen LogP contribution in [0.1, 0.15) is 45.2 Å². The highest BCUT2D eigenvalue weighted by Crippen LogP contribution is 2.10. The third kappa shape index (κ3) is 10.6. The molecule has 0 aliphatic rings. The summed E-state index contributed by atoms with van der Waals surface area (Å²) in [5.41, 5.74) is 1.50. The Morgan fingerprint density at radius 2 is 1.54 bits per heavy atom. The smallest absolute Gasteiger partial charge is 0.445 e. The zero-order valence-electron chi connectivity index (χ0n) is 21.8. The van der Waals surface area contributed by atoms with Crippen LogP contribution in [0.25, 0.3) is 0 Å². The van der Waals surface area contributed by atoms with E-state index >= 15 is 0 Å². The predicted molar refractivity (Wildman–Crippen MR) is 140 cm³/mol. The van der Waals surface area contributed by atoms with Crippen LogP contribution >= 0.6 is 0 Å². The van der Waals surface area contributed by atoms with Crippen LogP contribution in [0.5, 0.6) is 0 Å². The minimum atomic E-state index is -1.75. The van der Waals surface area contributed by atoms with Crippen molar-refractivity contribution >= 4 is 25.0 Å². The van der Waals surface area contributed by atoms with E-state index in [2.05, 4.69) is 20.9 Å². The Kier molecular flexibility index (Phi) is 12.0. The van der Waals surface area contributed by atoms with E-state index in [0.29, 0.717) is 12.0 Å². The summed E-state index contributed by atoms with van der Waals surface area (Å²) in [7, 11) is -1.75. The highest BCUT2D eigenvalue weighted by atomic mass is 16.5. The molecule has 0 unspecified atom stereocenters. The van der Waals surface area contributed by atoms with Gasteiger partial charge < -0.3 is 30.7 Å². The summed E-state index contributed by atoms with van der Waals surface area (Å²) >= 11 is 0. The normalized spacial score (nSPS) is 13.4. The van der Waals surface area contributed by atoms with E-state index in [1.807, 2.05) is 44.2 Å². The molecule has 0 saturated heterocycles. The molecular weight excluding hydrogens is 475 g/mol. The third-order valence-electron chi connectivity index (χ3n) is 5.67. The van der Waals surface area contributed by atoms with Crippen molar-refractivity contribution in [2.24, 2.45) is 11.8 Å². The molecule has 3 amide bonds. The average molecular weight is 512 g/mol. The molecule has 200 valence electrons. The van der Waals surface area contributed by atoms with E-state index in [4.69, 9.17) is 4.74 Å². The molecule has 0 aliphatic carbocycles. The van der Waals surface area contributed by atoms with Gasteiger partial charge in [0.2, 0.25) is 11.8 Å². The summed E-state index contributed by atoms with van der Waals surface area (Å²) in [4.78, 5) is 43.0. The Balaban J connectivity index is 2.15. The Morgan fingerprint density at radius 3 is 2.11 bits per heavy atom. The van der Waals surface area contributed by atoms with Crippen molar-refractivity contribution in [1.82, 2.24) is 20.9 Å². The van der Waals surface area contributed by atoms with E-state index in [0.717, 1.165) is 5.56 Å². The molecule has 37 heavy (non-hydrogen) atoms. The van der Waals surface area contributed by atoms with Crippen LogP contribution in [0.15, 0.2) is 54.9 Å². The molecule has 10 nitrogen and oxygen atoms in total. The second-order valence-corrected chi connectivity index (χ2v) is 9.71. The lowest BCUT2D eigenvalue weighted by molar-refractivity contribution is -0.130. The van der Waals surface area contributed by atoms with E-state index in [-0.39, 0.29) is 24.9 Å². The first kappa shape index (κ1) is 29.8. The van der Waals surface area contributed by atoms with Gasteiger partial charge in [-0.15, -0.1) is 0 Å². The molecule has 2 aromatic rings. The van der Waals surface area contributed by atoms with Crippen LogP contribution in [0, 0.1) is 11.8 Å². The second kappa shape index (κ2) is 15.0. The zero-order chi connectivity index (χ0) is 27.4. The van der Waals surface area contributed by atoms with Crippen molar-refractivity contribution in [3.8, 4) is 0 Å². The van der Waals surface area contributed by atoms with Crippen molar-refractivity contribution < 1.29 is 29.2 Å². The highest BCUT2D eigenvalue weighted by molar-refractivity contribution is 6.43. The van der Waals surface area contributed by atoms with E-state index in [9.17, 15) is 24.4 Å². The molecule has 1 heterocycles. The summed E-state index contributed by atoms with van der Waals surface area (Å²) in [6.07, 6.45) is 2.85. The number of rotatable bonds is 13. The molecule has 0 spiro atoms. The van der Waals surface area contributed by atoms with Gasteiger partial charge in [-0.2, -0.15) is 0 Å². The van der Waals surface area contributed by atoms with Crippen molar-refractivity contribution in [2.75, 3.05) is 0 Å². The van der Waals surface area contributed by atoms with Crippen LogP contribution in [0.3, 0.4) is 0 Å². The molecule has 1 aromatic carbocycles.